The van der Waals surface area contributed by atoms with Crippen molar-refractivity contribution in [3.8, 4) is 0 Å². The lowest BCUT2D eigenvalue weighted by Gasteiger charge is -2.34. The van der Waals surface area contributed by atoms with E-state index in [2.05, 4.69) is 21.8 Å². The molecule has 3 nitrogen and oxygen atoms in total. The number of aromatic amines is 1. The number of nitrogens with one attached hydrogen (secondary N) is 1. The van der Waals surface area contributed by atoms with E-state index in [1.165, 1.54) is 5.56 Å². The fourth-order valence-corrected chi connectivity index (χ4v) is 2.79. The van der Waals surface area contributed by atoms with Crippen LogP contribution in [0.25, 0.3) is 0 Å². The third kappa shape index (κ3) is 2.28. The molecule has 1 aromatic carbocycles. The summed E-state index contributed by atoms with van der Waals surface area (Å²) in [6, 6.07) is 5.37. The number of H-pyrrole nitrogens is 1. The van der Waals surface area contributed by atoms with E-state index in [0.29, 0.717) is 0 Å². The Hall–Kier alpha value is -1.68. The van der Waals surface area contributed by atoms with Crippen molar-refractivity contribution in [1.29, 1.82) is 0 Å². The van der Waals surface area contributed by atoms with Gasteiger partial charge in [0.2, 0.25) is 0 Å². The normalized spacial score (nSPS) is 19.4. The first-order valence-electron chi connectivity index (χ1n) is 6.66. The van der Waals surface area contributed by atoms with Crippen LogP contribution in [0.4, 0.5) is 4.39 Å². The molecule has 0 aliphatic carbocycles. The second-order valence-electron chi connectivity index (χ2n) is 5.21. The van der Waals surface area contributed by atoms with E-state index < -0.39 is 0 Å². The van der Waals surface area contributed by atoms with E-state index in [4.69, 9.17) is 0 Å². The number of fused-ring (bicyclic) bond motifs is 1. The Morgan fingerprint density at radius 1 is 1.47 bits per heavy atom. The first-order chi connectivity index (χ1) is 9.15. The molecule has 0 spiro atoms. The molecule has 1 N–H and O–H groups in total. The molecule has 1 atom stereocenters. The van der Waals surface area contributed by atoms with Crippen LogP contribution in [0.15, 0.2) is 24.5 Å². The predicted molar refractivity (Wildman–Crippen MR) is 72.3 cm³/mol. The summed E-state index contributed by atoms with van der Waals surface area (Å²) in [5.41, 5.74) is 4.56. The van der Waals surface area contributed by atoms with Crippen LogP contribution in [0.5, 0.6) is 0 Å². The van der Waals surface area contributed by atoms with Gasteiger partial charge in [-0.2, -0.15) is 0 Å². The molecular weight excluding hydrogens is 241 g/mol. The molecule has 2 aromatic rings. The maximum absolute atomic E-state index is 13.4. The number of halogens is 1. The van der Waals surface area contributed by atoms with Gasteiger partial charge in [-0.3, -0.25) is 4.90 Å². The van der Waals surface area contributed by atoms with E-state index in [-0.39, 0.29) is 11.9 Å². The molecule has 1 aliphatic heterocycles. The van der Waals surface area contributed by atoms with Gasteiger partial charge in [-0.05, 0) is 43.5 Å². The number of hydrogen-bond acceptors (Lipinski definition) is 2. The lowest BCUT2D eigenvalue weighted by molar-refractivity contribution is 0.187. The zero-order chi connectivity index (χ0) is 13.4. The molecule has 2 heterocycles. The minimum absolute atomic E-state index is 0.150. The molecule has 0 amide bonds. The van der Waals surface area contributed by atoms with Crippen molar-refractivity contribution in [3.63, 3.8) is 0 Å². The number of hydrogen-bond donors (Lipinski definition) is 1. The monoisotopic (exact) mass is 259 g/mol. The molecule has 19 heavy (non-hydrogen) atoms. The van der Waals surface area contributed by atoms with Gasteiger partial charge < -0.3 is 4.98 Å². The second-order valence-corrected chi connectivity index (χ2v) is 5.21. The fraction of sp³-hybridized carbons (Fsp3) is 0.400. The average Bonchev–Trinajstić information content (AvgIpc) is 2.79. The summed E-state index contributed by atoms with van der Waals surface area (Å²) in [7, 11) is 0. The first kappa shape index (κ1) is 12.4. The molecular formula is C15H18FN3. The minimum atomic E-state index is -0.150. The largest absolute Gasteiger partial charge is 0.348 e. The Bertz CT molecular complexity index is 591. The highest BCUT2D eigenvalue weighted by atomic mass is 19.1. The zero-order valence-corrected chi connectivity index (χ0v) is 11.3. The molecule has 0 radical (unpaired) electrons. The Morgan fingerprint density at radius 2 is 2.32 bits per heavy atom. The van der Waals surface area contributed by atoms with Crippen molar-refractivity contribution < 1.29 is 4.39 Å². The Morgan fingerprint density at radius 3 is 3.05 bits per heavy atom. The van der Waals surface area contributed by atoms with Crippen LogP contribution in [0.1, 0.15) is 35.5 Å². The molecule has 0 unspecified atom stereocenters. The van der Waals surface area contributed by atoms with E-state index >= 15 is 0 Å². The molecule has 0 saturated carbocycles. The van der Waals surface area contributed by atoms with Gasteiger partial charge in [-0.1, -0.05) is 6.07 Å². The van der Waals surface area contributed by atoms with Crippen molar-refractivity contribution in [2.24, 2.45) is 0 Å². The van der Waals surface area contributed by atoms with Crippen molar-refractivity contribution in [3.05, 3.63) is 52.9 Å². The quantitative estimate of drug-likeness (QED) is 0.899. The van der Waals surface area contributed by atoms with Crippen molar-refractivity contribution in [2.45, 2.75) is 32.9 Å². The minimum Gasteiger partial charge on any atom is -0.348 e. The lowest BCUT2D eigenvalue weighted by Crippen LogP contribution is -2.33. The highest BCUT2D eigenvalue weighted by Crippen LogP contribution is 2.31. The van der Waals surface area contributed by atoms with Crippen LogP contribution >= 0.6 is 0 Å². The number of rotatable bonds is 2. The molecule has 1 aliphatic rings. The summed E-state index contributed by atoms with van der Waals surface area (Å²) in [5, 5.41) is 0. The van der Waals surface area contributed by atoms with Crippen LogP contribution in [-0.4, -0.2) is 21.4 Å². The SMILES string of the molecule is Cc1[nH]cnc1CN1CCc2ccc(F)cc2[C@H]1C. The molecule has 3 rings (SSSR count). The van der Waals surface area contributed by atoms with Gasteiger partial charge in [-0.25, -0.2) is 9.37 Å². The Labute approximate surface area is 112 Å². The first-order valence-corrected chi connectivity index (χ1v) is 6.66. The van der Waals surface area contributed by atoms with E-state index in [1.807, 2.05) is 13.0 Å². The third-order valence-corrected chi connectivity index (χ3v) is 4.06. The lowest BCUT2D eigenvalue weighted by atomic mass is 9.93. The van der Waals surface area contributed by atoms with Gasteiger partial charge in [0.05, 0.1) is 12.0 Å². The van der Waals surface area contributed by atoms with Gasteiger partial charge in [0.1, 0.15) is 5.82 Å². The Balaban J connectivity index is 1.85. The van der Waals surface area contributed by atoms with Crippen LogP contribution in [0.2, 0.25) is 0 Å². The number of imidazole rings is 1. The van der Waals surface area contributed by atoms with E-state index in [1.54, 1.807) is 18.5 Å². The number of aromatic nitrogens is 2. The summed E-state index contributed by atoms with van der Waals surface area (Å²) < 4.78 is 13.4. The van der Waals surface area contributed by atoms with E-state index in [0.717, 1.165) is 36.5 Å². The number of nitrogens with zero attached hydrogens (tertiary/aromatic N) is 2. The summed E-state index contributed by atoms with van der Waals surface area (Å²) in [5.74, 6) is -0.150. The van der Waals surface area contributed by atoms with Crippen molar-refractivity contribution in [1.82, 2.24) is 14.9 Å². The van der Waals surface area contributed by atoms with Gasteiger partial charge in [-0.15, -0.1) is 0 Å². The summed E-state index contributed by atoms with van der Waals surface area (Å²) in [4.78, 5) is 9.80. The maximum Gasteiger partial charge on any atom is 0.123 e. The Kier molecular flexibility index (Phi) is 3.11. The van der Waals surface area contributed by atoms with Crippen LogP contribution in [0.3, 0.4) is 0 Å². The predicted octanol–water partition coefficient (Wildman–Crippen LogP) is 2.98. The molecule has 0 saturated heterocycles. The van der Waals surface area contributed by atoms with Crippen molar-refractivity contribution >= 4 is 0 Å². The summed E-state index contributed by atoms with van der Waals surface area (Å²) >= 11 is 0. The van der Waals surface area contributed by atoms with Gasteiger partial charge in [0.25, 0.3) is 0 Å². The highest BCUT2D eigenvalue weighted by molar-refractivity contribution is 5.33. The average molecular weight is 259 g/mol. The van der Waals surface area contributed by atoms with Gasteiger partial charge in [0, 0.05) is 24.8 Å². The molecule has 4 heteroatoms. The van der Waals surface area contributed by atoms with Crippen molar-refractivity contribution in [2.75, 3.05) is 6.54 Å². The topological polar surface area (TPSA) is 31.9 Å². The standard InChI is InChI=1S/C15H18FN3/c1-10-15(18-9-17-10)8-19-6-5-12-3-4-13(16)7-14(12)11(19)2/h3-4,7,9,11H,5-6,8H2,1-2H3,(H,17,18)/t11-/m1/s1. The van der Waals surface area contributed by atoms with Crippen LogP contribution in [0, 0.1) is 12.7 Å². The summed E-state index contributed by atoms with van der Waals surface area (Å²) in [6.07, 6.45) is 2.70. The fourth-order valence-electron chi connectivity index (χ4n) is 2.79. The second kappa shape index (κ2) is 4.78. The van der Waals surface area contributed by atoms with Gasteiger partial charge >= 0.3 is 0 Å². The third-order valence-electron chi connectivity index (χ3n) is 4.06. The van der Waals surface area contributed by atoms with Crippen LogP contribution < -0.4 is 0 Å². The van der Waals surface area contributed by atoms with Gasteiger partial charge in [0.15, 0.2) is 0 Å². The van der Waals surface area contributed by atoms with E-state index in [9.17, 15) is 4.39 Å². The maximum atomic E-state index is 13.4. The summed E-state index contributed by atoms with van der Waals surface area (Å²) in [6.45, 7) is 5.97. The number of benzene rings is 1. The molecule has 0 fully saturated rings. The molecule has 1 aromatic heterocycles. The highest BCUT2D eigenvalue weighted by Gasteiger charge is 2.24. The van der Waals surface area contributed by atoms with Crippen LogP contribution in [-0.2, 0) is 13.0 Å². The molecule has 100 valence electrons. The smallest absolute Gasteiger partial charge is 0.123 e. The zero-order valence-electron chi connectivity index (χ0n) is 11.3. The molecule has 0 bridgehead atoms. The number of aryl methyl sites for hydroxylation is 1.